The van der Waals surface area contributed by atoms with Crippen molar-refractivity contribution in [2.45, 2.75) is 32.1 Å². The van der Waals surface area contributed by atoms with Gasteiger partial charge < -0.3 is 10.6 Å². The largest absolute Gasteiger partial charge is 0.371 e. The van der Waals surface area contributed by atoms with E-state index < -0.39 is 5.92 Å². The monoisotopic (exact) mass is 334 g/mol. The van der Waals surface area contributed by atoms with Crippen molar-refractivity contribution in [3.8, 4) is 0 Å². The molecule has 1 unspecified atom stereocenters. The number of nitrogens with zero attached hydrogens (tertiary/aromatic N) is 1. The summed E-state index contributed by atoms with van der Waals surface area (Å²) in [5.74, 6) is -0.866. The summed E-state index contributed by atoms with van der Waals surface area (Å²) in [7, 11) is 0. The normalized spacial score (nSPS) is 15.6. The highest BCUT2D eigenvalue weighted by Crippen LogP contribution is 2.38. The van der Waals surface area contributed by atoms with E-state index in [1.54, 1.807) is 0 Å². The summed E-state index contributed by atoms with van der Waals surface area (Å²) in [5.41, 5.74) is 10.8. The first kappa shape index (κ1) is 17.3. The smallest absolute Gasteiger partial charge is 0.229 e. The van der Waals surface area contributed by atoms with Crippen LogP contribution in [0, 0.1) is 6.92 Å². The topological polar surface area (TPSA) is 46.3 Å². The molecule has 0 aromatic heterocycles. The minimum absolute atomic E-state index is 0.357. The lowest BCUT2D eigenvalue weighted by atomic mass is 9.84. The van der Waals surface area contributed by atoms with Crippen LogP contribution in [0.5, 0.6) is 0 Å². The maximum atomic E-state index is 12.3. The number of nitrogens with two attached hydrogens (primary N) is 1. The average molecular weight is 334 g/mol. The molecule has 0 saturated carbocycles. The molecular weight excluding hydrogens is 308 g/mol. The zero-order valence-corrected chi connectivity index (χ0v) is 14.9. The van der Waals surface area contributed by atoms with Crippen LogP contribution in [-0.2, 0) is 4.79 Å². The van der Waals surface area contributed by atoms with E-state index >= 15 is 0 Å². The van der Waals surface area contributed by atoms with Gasteiger partial charge in [-0.1, -0.05) is 49.0 Å². The van der Waals surface area contributed by atoms with Crippen LogP contribution in [-0.4, -0.2) is 19.0 Å². The number of rotatable bonds is 5. The molecule has 3 nitrogen and oxygen atoms in total. The van der Waals surface area contributed by atoms with Crippen molar-refractivity contribution in [2.24, 2.45) is 5.73 Å². The molecule has 1 saturated heterocycles. The predicted molar refractivity (Wildman–Crippen MR) is 105 cm³/mol. The summed E-state index contributed by atoms with van der Waals surface area (Å²) in [6.07, 6.45) is 3.70. The average Bonchev–Trinajstić information content (AvgIpc) is 2.63. The van der Waals surface area contributed by atoms with Gasteiger partial charge in [-0.3, -0.25) is 4.79 Å². The number of amides is 1. The Balaban J connectivity index is 2.04. The maximum absolute atomic E-state index is 12.3. The van der Waals surface area contributed by atoms with Gasteiger partial charge in [0.1, 0.15) is 0 Å². The van der Waals surface area contributed by atoms with Crippen LogP contribution in [0.3, 0.4) is 0 Å². The Hall–Kier alpha value is -2.55. The highest BCUT2D eigenvalue weighted by molar-refractivity contribution is 5.98. The molecule has 3 heteroatoms. The van der Waals surface area contributed by atoms with Crippen molar-refractivity contribution in [2.75, 3.05) is 18.0 Å². The number of anilines is 1. The van der Waals surface area contributed by atoms with Crippen LogP contribution >= 0.6 is 0 Å². The van der Waals surface area contributed by atoms with E-state index in [2.05, 4.69) is 36.6 Å². The fraction of sp³-hybridized carbons (Fsp3) is 0.318. The van der Waals surface area contributed by atoms with Gasteiger partial charge in [0, 0.05) is 24.3 Å². The van der Waals surface area contributed by atoms with Gasteiger partial charge in [0.05, 0.1) is 5.92 Å². The SMILES string of the molecule is C=C(c1c(C)cccc1N1CCCCC1)C(C(N)=O)c1ccccc1. The molecule has 130 valence electrons. The van der Waals surface area contributed by atoms with E-state index in [4.69, 9.17) is 5.73 Å². The summed E-state index contributed by atoms with van der Waals surface area (Å²) < 4.78 is 0. The number of primary amides is 1. The molecule has 1 aliphatic rings. The Labute approximate surface area is 150 Å². The van der Waals surface area contributed by atoms with Crippen LogP contribution in [0.25, 0.3) is 5.57 Å². The molecule has 0 bridgehead atoms. The van der Waals surface area contributed by atoms with Crippen molar-refractivity contribution < 1.29 is 4.79 Å². The molecule has 0 aliphatic carbocycles. The number of carbonyl (C=O) groups excluding carboxylic acids is 1. The number of hydrogen-bond donors (Lipinski definition) is 1. The number of carbonyl (C=O) groups is 1. The van der Waals surface area contributed by atoms with Gasteiger partial charge in [-0.25, -0.2) is 0 Å². The quantitative estimate of drug-likeness (QED) is 0.887. The minimum atomic E-state index is -0.508. The second-order valence-corrected chi connectivity index (χ2v) is 6.79. The number of benzene rings is 2. The van der Waals surface area contributed by atoms with Crippen LogP contribution in [0.15, 0.2) is 55.1 Å². The molecule has 2 N–H and O–H groups in total. The summed E-state index contributed by atoms with van der Waals surface area (Å²) in [6, 6.07) is 16.0. The number of aryl methyl sites for hydroxylation is 1. The molecule has 0 radical (unpaired) electrons. The second-order valence-electron chi connectivity index (χ2n) is 6.79. The molecular formula is C22H26N2O. The van der Waals surface area contributed by atoms with Crippen molar-refractivity contribution in [3.63, 3.8) is 0 Å². The van der Waals surface area contributed by atoms with E-state index in [1.165, 1.54) is 24.9 Å². The number of hydrogen-bond acceptors (Lipinski definition) is 2. The van der Waals surface area contributed by atoms with E-state index in [0.29, 0.717) is 0 Å². The van der Waals surface area contributed by atoms with Crippen LogP contribution in [0.2, 0.25) is 0 Å². The number of piperidine rings is 1. The highest BCUT2D eigenvalue weighted by Gasteiger charge is 2.26. The summed E-state index contributed by atoms with van der Waals surface area (Å²) in [5, 5.41) is 0. The molecule has 1 aliphatic heterocycles. The maximum Gasteiger partial charge on any atom is 0.229 e. The third kappa shape index (κ3) is 3.60. The Morgan fingerprint density at radius 2 is 1.72 bits per heavy atom. The second kappa shape index (κ2) is 7.56. The van der Waals surface area contributed by atoms with Gasteiger partial charge in [0.2, 0.25) is 5.91 Å². The lowest BCUT2D eigenvalue weighted by Crippen LogP contribution is -2.31. The van der Waals surface area contributed by atoms with E-state index in [9.17, 15) is 4.79 Å². The fourth-order valence-corrected chi connectivity index (χ4v) is 3.80. The van der Waals surface area contributed by atoms with Gasteiger partial charge in [0.25, 0.3) is 0 Å². The molecule has 1 fully saturated rings. The van der Waals surface area contributed by atoms with Crippen molar-refractivity contribution in [3.05, 3.63) is 71.8 Å². The Bertz CT molecular complexity index is 761. The van der Waals surface area contributed by atoms with Gasteiger partial charge >= 0.3 is 0 Å². The molecule has 2 aromatic rings. The third-order valence-electron chi connectivity index (χ3n) is 5.03. The van der Waals surface area contributed by atoms with Crippen molar-refractivity contribution in [1.82, 2.24) is 0 Å². The zero-order valence-electron chi connectivity index (χ0n) is 14.9. The van der Waals surface area contributed by atoms with Crippen LogP contribution < -0.4 is 10.6 Å². The molecule has 1 atom stereocenters. The first-order chi connectivity index (χ1) is 12.1. The molecule has 2 aromatic carbocycles. The predicted octanol–water partition coefficient (Wildman–Crippen LogP) is 4.27. The third-order valence-corrected chi connectivity index (χ3v) is 5.03. The van der Waals surface area contributed by atoms with Crippen LogP contribution in [0.4, 0.5) is 5.69 Å². The van der Waals surface area contributed by atoms with Crippen molar-refractivity contribution in [1.29, 1.82) is 0 Å². The molecule has 1 amide bonds. The zero-order chi connectivity index (χ0) is 17.8. The van der Waals surface area contributed by atoms with Gasteiger partial charge in [-0.05, 0) is 49.0 Å². The summed E-state index contributed by atoms with van der Waals surface area (Å²) in [4.78, 5) is 14.7. The Kier molecular flexibility index (Phi) is 5.22. The first-order valence-corrected chi connectivity index (χ1v) is 8.97. The highest BCUT2D eigenvalue weighted by atomic mass is 16.1. The Morgan fingerprint density at radius 1 is 1.04 bits per heavy atom. The molecule has 3 rings (SSSR count). The van der Waals surface area contributed by atoms with E-state index in [1.807, 2.05) is 30.3 Å². The summed E-state index contributed by atoms with van der Waals surface area (Å²) >= 11 is 0. The fourth-order valence-electron chi connectivity index (χ4n) is 3.80. The van der Waals surface area contributed by atoms with Crippen LogP contribution in [0.1, 0.15) is 41.9 Å². The molecule has 1 heterocycles. The van der Waals surface area contributed by atoms with E-state index in [-0.39, 0.29) is 5.91 Å². The van der Waals surface area contributed by atoms with Crippen molar-refractivity contribution >= 4 is 17.2 Å². The standard InChI is InChI=1S/C22H26N2O/c1-16-10-9-13-19(24-14-7-4-8-15-24)20(16)17(2)21(22(23)25)18-11-5-3-6-12-18/h3,5-6,9-13,21H,2,4,7-8,14-15H2,1H3,(H2,23,25). The minimum Gasteiger partial charge on any atom is -0.371 e. The summed E-state index contributed by atoms with van der Waals surface area (Å²) in [6.45, 7) is 8.50. The first-order valence-electron chi connectivity index (χ1n) is 8.97. The van der Waals surface area contributed by atoms with E-state index in [0.717, 1.165) is 35.4 Å². The van der Waals surface area contributed by atoms with Gasteiger partial charge in [0.15, 0.2) is 0 Å². The lowest BCUT2D eigenvalue weighted by molar-refractivity contribution is -0.118. The Morgan fingerprint density at radius 3 is 2.36 bits per heavy atom. The molecule has 0 spiro atoms. The van der Waals surface area contributed by atoms with Gasteiger partial charge in [-0.15, -0.1) is 0 Å². The van der Waals surface area contributed by atoms with Gasteiger partial charge in [-0.2, -0.15) is 0 Å². The lowest BCUT2D eigenvalue weighted by Gasteiger charge is -2.32. The molecule has 25 heavy (non-hydrogen) atoms.